The van der Waals surface area contributed by atoms with Crippen LogP contribution in [0.5, 0.6) is 0 Å². The van der Waals surface area contributed by atoms with Crippen LogP contribution in [0.1, 0.15) is 44.9 Å². The fourth-order valence-corrected chi connectivity index (χ4v) is 2.27. The Labute approximate surface area is 101 Å². The van der Waals surface area contributed by atoms with Crippen molar-refractivity contribution in [3.8, 4) is 0 Å². The van der Waals surface area contributed by atoms with Crippen LogP contribution in [0.4, 0.5) is 0 Å². The van der Waals surface area contributed by atoms with Gasteiger partial charge >= 0.3 is 5.97 Å². The summed E-state index contributed by atoms with van der Waals surface area (Å²) < 4.78 is 0. The van der Waals surface area contributed by atoms with Crippen molar-refractivity contribution in [3.05, 3.63) is 0 Å². The molecule has 0 spiro atoms. The molecule has 0 aliphatic heterocycles. The van der Waals surface area contributed by atoms with Crippen molar-refractivity contribution in [3.63, 3.8) is 0 Å². The van der Waals surface area contributed by atoms with Crippen molar-refractivity contribution in [1.82, 2.24) is 10.6 Å². The zero-order valence-corrected chi connectivity index (χ0v) is 10.00. The van der Waals surface area contributed by atoms with Gasteiger partial charge in [-0.1, -0.05) is 0 Å². The maximum atomic E-state index is 11.7. The zero-order valence-electron chi connectivity index (χ0n) is 10.00. The summed E-state index contributed by atoms with van der Waals surface area (Å²) in [6.07, 6.45) is 5.51. The van der Waals surface area contributed by atoms with Crippen LogP contribution < -0.4 is 10.6 Å². The maximum Gasteiger partial charge on any atom is 0.305 e. The highest BCUT2D eigenvalue weighted by atomic mass is 16.4. The van der Waals surface area contributed by atoms with Gasteiger partial charge in [0.25, 0.3) is 0 Å². The van der Waals surface area contributed by atoms with Gasteiger partial charge in [0.1, 0.15) is 0 Å². The fourth-order valence-electron chi connectivity index (χ4n) is 2.27. The summed E-state index contributed by atoms with van der Waals surface area (Å²) in [5, 5.41) is 15.0. The van der Waals surface area contributed by atoms with E-state index in [1.54, 1.807) is 0 Å². The number of nitrogens with one attached hydrogen (secondary N) is 2. The number of amides is 1. The first-order valence-corrected chi connectivity index (χ1v) is 6.36. The van der Waals surface area contributed by atoms with Crippen molar-refractivity contribution in [2.75, 3.05) is 6.54 Å². The third-order valence-corrected chi connectivity index (χ3v) is 3.57. The van der Waals surface area contributed by atoms with Gasteiger partial charge in [0.2, 0.25) is 5.91 Å². The second-order valence-electron chi connectivity index (χ2n) is 5.23. The van der Waals surface area contributed by atoms with Gasteiger partial charge in [-0.3, -0.25) is 9.59 Å². The molecule has 2 rings (SSSR count). The molecule has 0 radical (unpaired) electrons. The van der Waals surface area contributed by atoms with Crippen molar-refractivity contribution >= 4 is 11.9 Å². The van der Waals surface area contributed by atoms with Crippen LogP contribution in [0.25, 0.3) is 0 Å². The van der Waals surface area contributed by atoms with Gasteiger partial charge in [-0.2, -0.15) is 0 Å². The Morgan fingerprint density at radius 2 is 2.00 bits per heavy atom. The average Bonchev–Trinajstić information content (AvgIpc) is 2.97. The monoisotopic (exact) mass is 240 g/mol. The minimum Gasteiger partial charge on any atom is -0.481 e. The van der Waals surface area contributed by atoms with E-state index in [9.17, 15) is 9.59 Å². The Bertz CT molecular complexity index is 309. The second kappa shape index (κ2) is 5.04. The first kappa shape index (κ1) is 12.4. The Hall–Kier alpha value is -1.10. The topological polar surface area (TPSA) is 78.4 Å². The molecule has 2 saturated carbocycles. The Balaban J connectivity index is 1.69. The number of carboxylic acid groups (broad SMARTS) is 1. The first-order valence-electron chi connectivity index (χ1n) is 6.36. The van der Waals surface area contributed by atoms with E-state index < -0.39 is 11.5 Å². The van der Waals surface area contributed by atoms with Crippen LogP contribution in [-0.2, 0) is 9.59 Å². The summed E-state index contributed by atoms with van der Waals surface area (Å²) in [6.45, 7) is 0.694. The highest BCUT2D eigenvalue weighted by molar-refractivity contribution is 5.78. The number of hydrogen-bond acceptors (Lipinski definition) is 3. The third kappa shape index (κ3) is 3.70. The fraction of sp³-hybridized carbons (Fsp3) is 0.833. The molecule has 5 heteroatoms. The molecule has 2 aliphatic rings. The molecule has 1 amide bonds. The van der Waals surface area contributed by atoms with Crippen molar-refractivity contribution < 1.29 is 14.7 Å². The van der Waals surface area contributed by atoms with Gasteiger partial charge in [0.15, 0.2) is 0 Å². The molecule has 0 aromatic heterocycles. The lowest BCUT2D eigenvalue weighted by Gasteiger charge is -2.41. The third-order valence-electron chi connectivity index (χ3n) is 3.57. The molecule has 3 N–H and O–H groups in total. The van der Waals surface area contributed by atoms with E-state index in [-0.39, 0.29) is 12.3 Å². The van der Waals surface area contributed by atoms with Crippen LogP contribution in [0.2, 0.25) is 0 Å². The molecule has 0 aromatic rings. The standard InChI is InChI=1S/C12H20N2O3/c15-10(4-7-13-9-2-3-9)14-12(5-1-6-12)8-11(16)17/h9,13H,1-8H2,(H,14,15)(H,16,17). The molecular weight excluding hydrogens is 220 g/mol. The van der Waals surface area contributed by atoms with E-state index >= 15 is 0 Å². The summed E-state index contributed by atoms with van der Waals surface area (Å²) in [4.78, 5) is 22.4. The minimum atomic E-state index is -0.832. The highest BCUT2D eigenvalue weighted by Gasteiger charge is 2.40. The normalized spacial score (nSPS) is 21.6. The molecule has 0 bridgehead atoms. The molecule has 0 heterocycles. The lowest BCUT2D eigenvalue weighted by Crippen LogP contribution is -2.55. The Kier molecular flexibility index (Phi) is 3.66. The maximum absolute atomic E-state index is 11.7. The first-order chi connectivity index (χ1) is 8.10. The summed E-state index contributed by atoms with van der Waals surface area (Å²) in [7, 11) is 0. The minimum absolute atomic E-state index is 0.0286. The van der Waals surface area contributed by atoms with Crippen LogP contribution in [0.15, 0.2) is 0 Å². The van der Waals surface area contributed by atoms with Crippen molar-refractivity contribution in [1.29, 1.82) is 0 Å². The Morgan fingerprint density at radius 3 is 2.47 bits per heavy atom. The van der Waals surface area contributed by atoms with Crippen LogP contribution in [0, 0.1) is 0 Å². The number of carbonyl (C=O) groups is 2. The van der Waals surface area contributed by atoms with E-state index in [0.29, 0.717) is 19.0 Å². The van der Waals surface area contributed by atoms with E-state index in [4.69, 9.17) is 5.11 Å². The summed E-state index contributed by atoms with van der Waals surface area (Å²) in [5.41, 5.74) is -0.456. The molecule has 0 aromatic carbocycles. The predicted molar refractivity (Wildman–Crippen MR) is 62.6 cm³/mol. The zero-order chi connectivity index (χ0) is 12.3. The number of aliphatic carboxylic acids is 1. The molecule has 96 valence electrons. The molecular formula is C12H20N2O3. The van der Waals surface area contributed by atoms with Crippen molar-refractivity contribution in [2.45, 2.75) is 56.5 Å². The highest BCUT2D eigenvalue weighted by Crippen LogP contribution is 2.34. The molecule has 2 fully saturated rings. The van der Waals surface area contributed by atoms with Crippen LogP contribution in [0.3, 0.4) is 0 Å². The second-order valence-corrected chi connectivity index (χ2v) is 5.23. The SMILES string of the molecule is O=C(O)CC1(NC(=O)CCNC2CC2)CCC1. The van der Waals surface area contributed by atoms with Gasteiger partial charge in [-0.05, 0) is 32.1 Å². The molecule has 2 aliphatic carbocycles. The predicted octanol–water partition coefficient (Wildman–Crippen LogP) is 0.642. The Morgan fingerprint density at radius 1 is 1.29 bits per heavy atom. The smallest absolute Gasteiger partial charge is 0.305 e. The summed E-state index contributed by atoms with van der Waals surface area (Å²) in [6, 6.07) is 0.611. The molecule has 0 atom stereocenters. The summed E-state index contributed by atoms with van der Waals surface area (Å²) >= 11 is 0. The van der Waals surface area contributed by atoms with E-state index in [1.165, 1.54) is 12.8 Å². The number of carbonyl (C=O) groups excluding carboxylic acids is 1. The molecule has 0 saturated heterocycles. The van der Waals surface area contributed by atoms with Gasteiger partial charge in [0, 0.05) is 19.0 Å². The molecule has 0 unspecified atom stereocenters. The molecule has 17 heavy (non-hydrogen) atoms. The van der Waals surface area contributed by atoms with Gasteiger partial charge in [-0.25, -0.2) is 0 Å². The van der Waals surface area contributed by atoms with Crippen LogP contribution in [-0.4, -0.2) is 35.1 Å². The van der Waals surface area contributed by atoms with Crippen LogP contribution >= 0.6 is 0 Å². The molecule has 5 nitrogen and oxygen atoms in total. The number of rotatable bonds is 7. The van der Waals surface area contributed by atoms with Gasteiger partial charge in [-0.15, -0.1) is 0 Å². The number of hydrogen-bond donors (Lipinski definition) is 3. The van der Waals surface area contributed by atoms with Gasteiger partial charge < -0.3 is 15.7 Å². The number of carboxylic acids is 1. The van der Waals surface area contributed by atoms with Crippen molar-refractivity contribution in [2.24, 2.45) is 0 Å². The quantitative estimate of drug-likeness (QED) is 0.610. The largest absolute Gasteiger partial charge is 0.481 e. The van der Waals surface area contributed by atoms with E-state index in [2.05, 4.69) is 10.6 Å². The lowest BCUT2D eigenvalue weighted by molar-refractivity contribution is -0.140. The van der Waals surface area contributed by atoms with E-state index in [0.717, 1.165) is 19.3 Å². The lowest BCUT2D eigenvalue weighted by atomic mass is 9.74. The van der Waals surface area contributed by atoms with E-state index in [1.807, 2.05) is 0 Å². The average molecular weight is 240 g/mol. The summed E-state index contributed by atoms with van der Waals surface area (Å²) in [5.74, 6) is -0.861. The van der Waals surface area contributed by atoms with Gasteiger partial charge in [0.05, 0.1) is 12.0 Å².